The van der Waals surface area contributed by atoms with Crippen molar-refractivity contribution in [2.24, 2.45) is 5.73 Å². The minimum Gasteiger partial charge on any atom is -0.492 e. The maximum atomic E-state index is 13.2. The maximum Gasteiger partial charge on any atom is 0.271 e. The van der Waals surface area contributed by atoms with Crippen LogP contribution in [-0.4, -0.2) is 30.5 Å². The van der Waals surface area contributed by atoms with Gasteiger partial charge in [-0.3, -0.25) is 4.98 Å². The molecule has 0 saturated carbocycles. The highest BCUT2D eigenvalue weighted by Crippen LogP contribution is 2.35. The number of hydrogen-bond acceptors (Lipinski definition) is 5. The van der Waals surface area contributed by atoms with E-state index in [9.17, 15) is 8.42 Å². The van der Waals surface area contributed by atoms with Gasteiger partial charge in [-0.1, -0.05) is 12.1 Å². The Morgan fingerprint density at radius 2 is 2.12 bits per heavy atom. The average molecular weight is 343 g/mol. The number of para-hydroxylation sites is 1. The lowest BCUT2D eigenvalue weighted by Crippen LogP contribution is -2.13. The minimum absolute atomic E-state index is 0.192. The summed E-state index contributed by atoms with van der Waals surface area (Å²) in [7, 11) is -3.78. The van der Waals surface area contributed by atoms with E-state index in [4.69, 9.17) is 10.5 Å². The predicted molar refractivity (Wildman–Crippen MR) is 90.7 cm³/mol. The normalized spacial score (nSPS) is 13.9. The molecule has 0 atom stereocenters. The molecule has 24 heavy (non-hydrogen) atoms. The molecule has 0 amide bonds. The van der Waals surface area contributed by atoms with E-state index in [2.05, 4.69) is 4.98 Å². The van der Waals surface area contributed by atoms with Gasteiger partial charge in [0.25, 0.3) is 10.0 Å². The number of nitrogens with two attached hydrogens (primary N) is 1. The highest BCUT2D eigenvalue weighted by molar-refractivity contribution is 7.90. The molecule has 2 N–H and O–H groups in total. The fraction of sp³-hybridized carbons (Fsp3) is 0.235. The van der Waals surface area contributed by atoms with Gasteiger partial charge in [0.1, 0.15) is 10.6 Å². The molecule has 3 aromatic rings. The maximum absolute atomic E-state index is 13.2. The standard InChI is InChI=1S/C17H17N3O3S/c18-8-6-13-11-20(14-4-2-9-19-16(13)14)24(21,22)15-5-1-3-12-7-10-23-17(12)15/h1-5,9,11H,6-8,10,18H2. The third-order valence-corrected chi connectivity index (χ3v) is 5.93. The lowest BCUT2D eigenvalue weighted by molar-refractivity contribution is 0.348. The fourth-order valence-electron chi connectivity index (χ4n) is 3.13. The van der Waals surface area contributed by atoms with Gasteiger partial charge in [0.15, 0.2) is 0 Å². The number of benzene rings is 1. The van der Waals surface area contributed by atoms with Crippen molar-refractivity contribution in [2.75, 3.05) is 13.2 Å². The first-order valence-electron chi connectivity index (χ1n) is 7.78. The number of nitrogens with zero attached hydrogens (tertiary/aromatic N) is 2. The molecule has 0 bridgehead atoms. The van der Waals surface area contributed by atoms with Gasteiger partial charge in [-0.25, -0.2) is 12.4 Å². The zero-order valence-corrected chi connectivity index (χ0v) is 13.8. The van der Waals surface area contributed by atoms with Crippen molar-refractivity contribution in [3.63, 3.8) is 0 Å². The van der Waals surface area contributed by atoms with Crippen LogP contribution < -0.4 is 10.5 Å². The van der Waals surface area contributed by atoms with Gasteiger partial charge in [0.05, 0.1) is 17.6 Å². The van der Waals surface area contributed by atoms with Crippen LogP contribution in [0.25, 0.3) is 11.0 Å². The average Bonchev–Trinajstić information content (AvgIpc) is 3.20. The van der Waals surface area contributed by atoms with Crippen LogP contribution in [0.3, 0.4) is 0 Å². The van der Waals surface area contributed by atoms with Crippen LogP contribution in [0.2, 0.25) is 0 Å². The Balaban J connectivity index is 1.96. The van der Waals surface area contributed by atoms with Gasteiger partial charge in [0.2, 0.25) is 0 Å². The smallest absolute Gasteiger partial charge is 0.271 e. The van der Waals surface area contributed by atoms with Gasteiger partial charge in [-0.2, -0.15) is 0 Å². The molecule has 4 rings (SSSR count). The topological polar surface area (TPSA) is 87.2 Å². The lowest BCUT2D eigenvalue weighted by atomic mass is 10.2. The molecule has 0 fully saturated rings. The zero-order valence-electron chi connectivity index (χ0n) is 13.0. The van der Waals surface area contributed by atoms with Crippen molar-refractivity contribution < 1.29 is 13.2 Å². The summed E-state index contributed by atoms with van der Waals surface area (Å²) in [5.74, 6) is 0.462. The molecule has 1 aliphatic heterocycles. The number of fused-ring (bicyclic) bond motifs is 2. The van der Waals surface area contributed by atoms with E-state index in [0.717, 1.165) is 17.5 Å². The van der Waals surface area contributed by atoms with E-state index < -0.39 is 10.0 Å². The van der Waals surface area contributed by atoms with E-state index in [0.29, 0.717) is 36.4 Å². The van der Waals surface area contributed by atoms with E-state index in [1.165, 1.54) is 3.97 Å². The van der Waals surface area contributed by atoms with E-state index >= 15 is 0 Å². The molecular weight excluding hydrogens is 326 g/mol. The van der Waals surface area contributed by atoms with E-state index in [1.807, 2.05) is 6.07 Å². The molecule has 1 aliphatic rings. The van der Waals surface area contributed by atoms with Crippen LogP contribution in [-0.2, 0) is 22.9 Å². The second-order valence-corrected chi connectivity index (χ2v) is 7.49. The number of hydrogen-bond donors (Lipinski definition) is 1. The van der Waals surface area contributed by atoms with Gasteiger partial charge in [-0.15, -0.1) is 0 Å². The molecule has 0 unspecified atom stereocenters. The Bertz CT molecular complexity index is 1020. The van der Waals surface area contributed by atoms with Gasteiger partial charge >= 0.3 is 0 Å². The summed E-state index contributed by atoms with van der Waals surface area (Å²) in [6.07, 6.45) is 4.57. The van der Waals surface area contributed by atoms with Crippen LogP contribution in [0.5, 0.6) is 5.75 Å². The summed E-state index contributed by atoms with van der Waals surface area (Å²) in [6.45, 7) is 0.938. The monoisotopic (exact) mass is 343 g/mol. The third kappa shape index (κ3) is 2.20. The third-order valence-electron chi connectivity index (χ3n) is 4.23. The predicted octanol–water partition coefficient (Wildman–Crippen LogP) is 1.71. The molecule has 124 valence electrons. The zero-order chi connectivity index (χ0) is 16.7. The molecule has 0 aliphatic carbocycles. The first-order chi connectivity index (χ1) is 11.6. The summed E-state index contributed by atoms with van der Waals surface area (Å²) in [6, 6.07) is 8.72. The second kappa shape index (κ2) is 5.61. The summed E-state index contributed by atoms with van der Waals surface area (Å²) >= 11 is 0. The molecule has 7 heteroatoms. The Kier molecular flexibility index (Phi) is 3.54. The number of ether oxygens (including phenoxy) is 1. The summed E-state index contributed by atoms with van der Waals surface area (Å²) in [5, 5.41) is 0. The van der Waals surface area contributed by atoms with Gasteiger partial charge in [0, 0.05) is 18.8 Å². The van der Waals surface area contributed by atoms with Crippen molar-refractivity contribution in [3.05, 3.63) is 53.9 Å². The Morgan fingerprint density at radius 3 is 2.96 bits per heavy atom. The van der Waals surface area contributed by atoms with Crippen LogP contribution >= 0.6 is 0 Å². The molecule has 3 heterocycles. The first kappa shape index (κ1) is 15.2. The Hall–Kier alpha value is -2.38. The van der Waals surface area contributed by atoms with Crippen molar-refractivity contribution in [1.82, 2.24) is 8.96 Å². The van der Waals surface area contributed by atoms with E-state index in [1.54, 1.807) is 36.7 Å². The van der Waals surface area contributed by atoms with Crippen molar-refractivity contribution in [3.8, 4) is 5.75 Å². The van der Waals surface area contributed by atoms with E-state index in [-0.39, 0.29) is 4.90 Å². The summed E-state index contributed by atoms with van der Waals surface area (Å²) in [5.41, 5.74) is 8.62. The first-order valence-corrected chi connectivity index (χ1v) is 9.22. The van der Waals surface area contributed by atoms with Gasteiger partial charge in [-0.05, 0) is 42.3 Å². The van der Waals surface area contributed by atoms with Crippen LogP contribution in [0, 0.1) is 0 Å². The molecule has 0 spiro atoms. The summed E-state index contributed by atoms with van der Waals surface area (Å²) in [4.78, 5) is 4.52. The molecule has 1 aromatic carbocycles. The van der Waals surface area contributed by atoms with Crippen LogP contribution in [0.4, 0.5) is 0 Å². The molecular formula is C17H17N3O3S. The number of aromatic nitrogens is 2. The highest BCUT2D eigenvalue weighted by atomic mass is 32.2. The van der Waals surface area contributed by atoms with Crippen molar-refractivity contribution >= 4 is 21.1 Å². The Labute approximate surface area is 139 Å². The van der Waals surface area contributed by atoms with Crippen molar-refractivity contribution in [1.29, 1.82) is 0 Å². The molecule has 2 aromatic heterocycles. The lowest BCUT2D eigenvalue weighted by Gasteiger charge is -2.11. The SMILES string of the molecule is NCCc1cn(S(=O)(=O)c2cccc3c2OCC3)c2cccnc12. The van der Waals surface area contributed by atoms with Gasteiger partial charge < -0.3 is 10.5 Å². The minimum atomic E-state index is -3.78. The fourth-order valence-corrected chi connectivity index (χ4v) is 4.68. The van der Waals surface area contributed by atoms with Crippen LogP contribution in [0.15, 0.2) is 47.6 Å². The summed E-state index contributed by atoms with van der Waals surface area (Å²) < 4.78 is 33.4. The second-order valence-electron chi connectivity index (χ2n) is 5.71. The van der Waals surface area contributed by atoms with Crippen LogP contribution in [0.1, 0.15) is 11.1 Å². The molecule has 6 nitrogen and oxygen atoms in total. The quantitative estimate of drug-likeness (QED) is 0.779. The molecule has 0 saturated heterocycles. The largest absolute Gasteiger partial charge is 0.492 e. The Morgan fingerprint density at radius 1 is 1.25 bits per heavy atom. The molecule has 0 radical (unpaired) electrons. The van der Waals surface area contributed by atoms with Crippen molar-refractivity contribution in [2.45, 2.75) is 17.7 Å². The highest BCUT2D eigenvalue weighted by Gasteiger charge is 2.28. The number of pyridine rings is 1. The number of rotatable bonds is 4.